The molecule has 5 N–H and O–H groups in total. The summed E-state index contributed by atoms with van der Waals surface area (Å²) in [6.07, 6.45) is 0.325. The van der Waals surface area contributed by atoms with Gasteiger partial charge >= 0.3 is 6.09 Å². The number of anilines is 3. The van der Waals surface area contributed by atoms with Crippen molar-refractivity contribution in [3.05, 3.63) is 78.4 Å². The molecule has 0 radical (unpaired) electrons. The smallest absolute Gasteiger partial charge is 0.408 e. The van der Waals surface area contributed by atoms with Crippen LogP contribution in [0.2, 0.25) is 0 Å². The molecule has 0 spiro atoms. The summed E-state index contributed by atoms with van der Waals surface area (Å²) in [4.78, 5) is 41.3. The van der Waals surface area contributed by atoms with E-state index in [9.17, 15) is 14.4 Å². The molecule has 1 heterocycles. The average Bonchev–Trinajstić information content (AvgIpc) is 3.14. The zero-order chi connectivity index (χ0) is 33.0. The second kappa shape index (κ2) is 13.3. The molecule has 3 aromatic carbocycles. The van der Waals surface area contributed by atoms with E-state index in [1.54, 1.807) is 48.6 Å². The summed E-state index contributed by atoms with van der Waals surface area (Å²) in [7, 11) is 1.75. The molecule has 45 heavy (non-hydrogen) atoms. The number of hydrogen-bond donors (Lipinski definition) is 5. The van der Waals surface area contributed by atoms with Gasteiger partial charge in [-0.25, -0.2) is 4.79 Å². The molecule has 0 saturated carbocycles. The van der Waals surface area contributed by atoms with Crippen LogP contribution >= 0.6 is 12.2 Å². The highest BCUT2D eigenvalue weighted by molar-refractivity contribution is 7.80. The Morgan fingerprint density at radius 3 is 2.20 bits per heavy atom. The first kappa shape index (κ1) is 33.5. The summed E-state index contributed by atoms with van der Waals surface area (Å²) in [5.74, 6) is -1.46. The zero-order valence-electron chi connectivity index (χ0n) is 27.0. The Kier molecular flexibility index (Phi) is 9.87. The molecule has 0 fully saturated rings. The van der Waals surface area contributed by atoms with Gasteiger partial charge in [-0.15, -0.1) is 0 Å². The number of amides is 3. The summed E-state index contributed by atoms with van der Waals surface area (Å²) in [6.45, 7) is 10.6. The lowest BCUT2D eigenvalue weighted by Gasteiger charge is -2.47. The first-order valence-corrected chi connectivity index (χ1v) is 15.4. The van der Waals surface area contributed by atoms with Crippen LogP contribution in [0.5, 0.6) is 0 Å². The first-order valence-electron chi connectivity index (χ1n) is 15.0. The number of aryl methyl sites for hydroxylation is 1. The fraction of sp³-hybridized carbons (Fsp3) is 0.371. The van der Waals surface area contributed by atoms with Crippen LogP contribution in [0.4, 0.5) is 21.9 Å². The maximum Gasteiger partial charge on any atom is 0.408 e. The van der Waals surface area contributed by atoms with Crippen LogP contribution in [0, 0.1) is 11.3 Å². The van der Waals surface area contributed by atoms with Crippen LogP contribution in [0.3, 0.4) is 0 Å². The van der Waals surface area contributed by atoms with Crippen LogP contribution in [0.25, 0.3) is 11.1 Å². The van der Waals surface area contributed by atoms with Gasteiger partial charge in [-0.2, -0.15) is 0 Å². The molecule has 0 saturated heterocycles. The minimum absolute atomic E-state index is 0.282. The molecule has 1 aliphatic rings. The van der Waals surface area contributed by atoms with Gasteiger partial charge in [-0.3, -0.25) is 9.59 Å². The van der Waals surface area contributed by atoms with E-state index < -0.39 is 34.5 Å². The minimum Gasteiger partial charge on any atom is -0.444 e. The maximum absolute atomic E-state index is 14.4. The lowest BCUT2D eigenvalue weighted by atomic mass is 9.62. The van der Waals surface area contributed by atoms with Crippen molar-refractivity contribution in [1.82, 2.24) is 10.6 Å². The molecule has 0 aliphatic carbocycles. The lowest BCUT2D eigenvalue weighted by molar-refractivity contribution is -0.141. The molecule has 4 rings (SSSR count). The van der Waals surface area contributed by atoms with E-state index in [0.717, 1.165) is 28.1 Å². The molecule has 238 valence electrons. The lowest BCUT2D eigenvalue weighted by Crippen LogP contribution is -2.64. The van der Waals surface area contributed by atoms with E-state index in [0.29, 0.717) is 23.6 Å². The van der Waals surface area contributed by atoms with Gasteiger partial charge in [0.2, 0.25) is 11.8 Å². The summed E-state index contributed by atoms with van der Waals surface area (Å²) in [6, 6.07) is 22.9. The van der Waals surface area contributed by atoms with Crippen molar-refractivity contribution in [3.8, 4) is 11.1 Å². The van der Waals surface area contributed by atoms with E-state index in [4.69, 9.17) is 17.0 Å². The predicted octanol–water partition coefficient (Wildman–Crippen LogP) is 6.72. The van der Waals surface area contributed by atoms with Gasteiger partial charge in [0.05, 0.1) is 16.9 Å². The third kappa shape index (κ3) is 7.62. The highest BCUT2D eigenvalue weighted by Gasteiger charge is 2.56. The van der Waals surface area contributed by atoms with E-state index in [1.807, 2.05) is 72.8 Å². The highest BCUT2D eigenvalue weighted by atomic mass is 32.1. The topological polar surface area (TPSA) is 121 Å². The number of ether oxygens (including phenoxy) is 1. The molecule has 10 heteroatoms. The number of fused-ring (bicyclic) bond motifs is 1. The molecular formula is C35H43N5O4S. The summed E-state index contributed by atoms with van der Waals surface area (Å²) in [5.41, 5.74) is 1.64. The Labute approximate surface area is 270 Å². The number of para-hydroxylation sites is 2. The molecule has 1 aliphatic heterocycles. The molecule has 0 aromatic heterocycles. The summed E-state index contributed by atoms with van der Waals surface area (Å²) >= 11 is 5.29. The minimum atomic E-state index is -1.39. The number of benzene rings is 3. The SMILES string of the molecule is CNC(=S)Nc1ccccc1-c1ccc(NC(=O)C(C)([C@H]2CCc3ccccc3NC2=O)C(C)(C)NC(=O)OC(C)(C)C)cc1. The van der Waals surface area contributed by atoms with Crippen molar-refractivity contribution < 1.29 is 19.1 Å². The largest absolute Gasteiger partial charge is 0.444 e. The van der Waals surface area contributed by atoms with Gasteiger partial charge < -0.3 is 31.3 Å². The second-order valence-electron chi connectivity index (χ2n) is 13.0. The van der Waals surface area contributed by atoms with Crippen molar-refractivity contribution in [3.63, 3.8) is 0 Å². The Morgan fingerprint density at radius 2 is 1.53 bits per heavy atom. The Balaban J connectivity index is 1.66. The second-order valence-corrected chi connectivity index (χ2v) is 13.4. The Hall–Kier alpha value is -4.44. The maximum atomic E-state index is 14.4. The monoisotopic (exact) mass is 629 g/mol. The molecule has 3 amide bonds. The van der Waals surface area contributed by atoms with Gasteiger partial charge in [0.25, 0.3) is 0 Å². The van der Waals surface area contributed by atoms with Crippen LogP contribution in [-0.4, -0.2) is 41.2 Å². The zero-order valence-corrected chi connectivity index (χ0v) is 27.8. The molecule has 3 aromatic rings. The number of alkyl carbamates (subject to hydrolysis) is 1. The van der Waals surface area contributed by atoms with Crippen molar-refractivity contribution in [2.75, 3.05) is 23.0 Å². The van der Waals surface area contributed by atoms with E-state index in [-0.39, 0.29) is 5.91 Å². The van der Waals surface area contributed by atoms with Gasteiger partial charge in [-0.1, -0.05) is 48.5 Å². The molecule has 2 atom stereocenters. The van der Waals surface area contributed by atoms with Crippen LogP contribution in [0.15, 0.2) is 72.8 Å². The van der Waals surface area contributed by atoms with E-state index in [1.165, 1.54) is 0 Å². The quantitative estimate of drug-likeness (QED) is 0.184. The number of carbonyl (C=O) groups excluding carboxylic acids is 3. The van der Waals surface area contributed by atoms with Gasteiger partial charge in [0.15, 0.2) is 5.11 Å². The third-order valence-corrected chi connectivity index (χ3v) is 8.74. The predicted molar refractivity (Wildman–Crippen MR) is 184 cm³/mol. The Morgan fingerprint density at radius 1 is 0.889 bits per heavy atom. The molecule has 9 nitrogen and oxygen atoms in total. The fourth-order valence-corrected chi connectivity index (χ4v) is 5.76. The Bertz CT molecular complexity index is 1580. The van der Waals surface area contributed by atoms with E-state index in [2.05, 4.69) is 26.6 Å². The normalized spacial score (nSPS) is 16.2. The average molecular weight is 630 g/mol. The number of nitrogens with one attached hydrogen (secondary N) is 5. The first-order chi connectivity index (χ1) is 21.1. The number of thiocarbonyl (C=S) groups is 1. The standard InChI is InChI=1S/C35H43N5O4S/c1-33(2,3)44-32(43)40-34(4,5)35(6,26-21-18-23-12-8-10-14-27(23)38-29(26)41)30(42)37-24-19-16-22(17-20-24)25-13-9-11-15-28(25)39-31(45)36-7/h8-17,19-20,26H,18,21H2,1-7H3,(H,37,42)(H,38,41)(H,40,43)(H2,36,39,45)/t26-,35?/m0/s1. The third-order valence-electron chi connectivity index (χ3n) is 8.43. The summed E-state index contributed by atoms with van der Waals surface area (Å²) < 4.78 is 5.55. The number of hydrogen-bond acceptors (Lipinski definition) is 5. The number of carbonyl (C=O) groups is 3. The van der Waals surface area contributed by atoms with Crippen molar-refractivity contribution in [2.24, 2.45) is 11.3 Å². The number of rotatable bonds is 7. The highest BCUT2D eigenvalue weighted by Crippen LogP contribution is 2.44. The molecule has 0 bridgehead atoms. The van der Waals surface area contributed by atoms with Gasteiger partial charge in [-0.05, 0) is 102 Å². The fourth-order valence-electron chi connectivity index (χ4n) is 5.65. The molecular weight excluding hydrogens is 586 g/mol. The van der Waals surface area contributed by atoms with Crippen LogP contribution in [-0.2, 0) is 20.7 Å². The summed E-state index contributed by atoms with van der Waals surface area (Å²) in [5, 5.41) is 15.6. The van der Waals surface area contributed by atoms with E-state index >= 15 is 0 Å². The van der Waals surface area contributed by atoms with Crippen LogP contribution < -0.4 is 26.6 Å². The van der Waals surface area contributed by atoms with Crippen molar-refractivity contribution in [1.29, 1.82) is 0 Å². The van der Waals surface area contributed by atoms with Crippen molar-refractivity contribution in [2.45, 2.75) is 65.5 Å². The van der Waals surface area contributed by atoms with Crippen LogP contribution in [0.1, 0.15) is 53.5 Å². The van der Waals surface area contributed by atoms with Crippen molar-refractivity contribution >= 4 is 52.3 Å². The van der Waals surface area contributed by atoms with Gasteiger partial charge in [0.1, 0.15) is 5.60 Å². The van der Waals surface area contributed by atoms with Gasteiger partial charge in [0, 0.05) is 29.7 Å². The molecule has 1 unspecified atom stereocenters.